The molecule has 1 amide bonds. The van der Waals surface area contributed by atoms with E-state index in [1.165, 1.54) is 42.7 Å². The lowest BCUT2D eigenvalue weighted by Crippen LogP contribution is -2.15. The summed E-state index contributed by atoms with van der Waals surface area (Å²) in [5.74, 6) is 6.02. The number of carbonyl (C=O) groups is 1. The van der Waals surface area contributed by atoms with Crippen LogP contribution in [0.4, 0.5) is 15.8 Å². The zero-order valence-corrected chi connectivity index (χ0v) is 19.0. The third kappa shape index (κ3) is 4.51. The van der Waals surface area contributed by atoms with Crippen LogP contribution in [0.3, 0.4) is 0 Å². The van der Waals surface area contributed by atoms with Crippen LogP contribution < -0.4 is 10.6 Å². The van der Waals surface area contributed by atoms with Crippen LogP contribution in [-0.4, -0.2) is 38.6 Å². The van der Waals surface area contributed by atoms with Crippen LogP contribution in [0, 0.1) is 17.7 Å². The normalized spacial score (nSPS) is 13.0. The molecule has 5 rings (SSSR count). The molecule has 2 heterocycles. The Balaban J connectivity index is 1.34. The molecule has 8 nitrogen and oxygen atoms in total. The fraction of sp³-hybridized carbons (Fsp3) is 0.208. The van der Waals surface area contributed by atoms with Crippen molar-refractivity contribution >= 4 is 28.6 Å². The summed E-state index contributed by atoms with van der Waals surface area (Å²) in [7, 11) is 1.69. The number of benzene rings is 2. The zero-order valence-electron chi connectivity index (χ0n) is 18.2. The van der Waals surface area contributed by atoms with Crippen molar-refractivity contribution in [2.75, 3.05) is 17.7 Å². The largest absolute Gasteiger partial charge is 0.387 e. The molecule has 34 heavy (non-hydrogen) atoms. The predicted octanol–water partition coefficient (Wildman–Crippen LogP) is 4.42. The van der Waals surface area contributed by atoms with E-state index in [2.05, 4.69) is 53.5 Å². The molecule has 170 valence electrons. The first-order valence-electron chi connectivity index (χ1n) is 10.7. The molecule has 1 saturated carbocycles. The smallest absolute Gasteiger partial charge is 0.257 e. The van der Waals surface area contributed by atoms with E-state index in [0.717, 1.165) is 10.7 Å². The van der Waals surface area contributed by atoms with Gasteiger partial charge in [0.25, 0.3) is 5.91 Å². The summed E-state index contributed by atoms with van der Waals surface area (Å²) in [5, 5.41) is 22.2. The maximum Gasteiger partial charge on any atom is 0.257 e. The molecule has 0 unspecified atom stereocenters. The number of thiazole rings is 1. The van der Waals surface area contributed by atoms with E-state index >= 15 is 0 Å². The van der Waals surface area contributed by atoms with Gasteiger partial charge in [0.05, 0.1) is 16.9 Å². The van der Waals surface area contributed by atoms with Gasteiger partial charge < -0.3 is 10.6 Å². The number of nitrogens with zero attached hydrogens (tertiary/aromatic N) is 4. The topological polar surface area (TPSA) is 108 Å². The van der Waals surface area contributed by atoms with Gasteiger partial charge in [0, 0.05) is 35.2 Å². The number of rotatable bonds is 5. The monoisotopic (exact) mass is 473 g/mol. The summed E-state index contributed by atoms with van der Waals surface area (Å²) in [4.78, 5) is 17.5. The van der Waals surface area contributed by atoms with Crippen LogP contribution in [0.2, 0.25) is 0 Å². The van der Waals surface area contributed by atoms with Gasteiger partial charge in [-0.15, -0.1) is 21.5 Å². The van der Waals surface area contributed by atoms with E-state index in [4.69, 9.17) is 0 Å². The molecule has 0 atom stereocenters. The number of aromatic nitrogens is 5. The van der Waals surface area contributed by atoms with E-state index in [1.54, 1.807) is 31.3 Å². The van der Waals surface area contributed by atoms with E-state index < -0.39 is 11.7 Å². The van der Waals surface area contributed by atoms with E-state index in [9.17, 15) is 9.18 Å². The molecule has 0 spiro atoms. The number of halogens is 1. The fourth-order valence-corrected chi connectivity index (χ4v) is 4.37. The number of tetrazole rings is 1. The van der Waals surface area contributed by atoms with Gasteiger partial charge in [-0.2, -0.15) is 5.21 Å². The molecule has 0 radical (unpaired) electrons. The van der Waals surface area contributed by atoms with Crippen LogP contribution in [0.5, 0.6) is 0 Å². The van der Waals surface area contributed by atoms with Crippen molar-refractivity contribution in [3.63, 3.8) is 0 Å². The average Bonchev–Trinajstić information content (AvgIpc) is 3.51. The molecule has 4 aromatic rings. The van der Waals surface area contributed by atoms with Crippen molar-refractivity contribution in [2.24, 2.45) is 0 Å². The van der Waals surface area contributed by atoms with Crippen LogP contribution in [0.1, 0.15) is 51.8 Å². The van der Waals surface area contributed by atoms with Crippen molar-refractivity contribution in [2.45, 2.75) is 25.2 Å². The second kappa shape index (κ2) is 9.41. The Labute approximate surface area is 199 Å². The van der Waals surface area contributed by atoms with Crippen LogP contribution in [-0.2, 0) is 0 Å². The van der Waals surface area contributed by atoms with Gasteiger partial charge in [0.2, 0.25) is 5.82 Å². The van der Waals surface area contributed by atoms with Gasteiger partial charge in [0.1, 0.15) is 5.82 Å². The first-order chi connectivity index (χ1) is 16.6. The van der Waals surface area contributed by atoms with Crippen LogP contribution >= 0.6 is 11.3 Å². The Hall–Kier alpha value is -4.10. The van der Waals surface area contributed by atoms with Gasteiger partial charge in [-0.3, -0.25) is 4.79 Å². The van der Waals surface area contributed by atoms with Gasteiger partial charge >= 0.3 is 0 Å². The summed E-state index contributed by atoms with van der Waals surface area (Å²) in [5.41, 5.74) is 3.31. The Morgan fingerprint density at radius 1 is 1.18 bits per heavy atom. The summed E-state index contributed by atoms with van der Waals surface area (Å²) in [6.45, 7) is 0. The highest BCUT2D eigenvalue weighted by atomic mass is 32.1. The molecule has 0 aliphatic heterocycles. The predicted molar refractivity (Wildman–Crippen MR) is 128 cm³/mol. The average molecular weight is 474 g/mol. The molecule has 10 heteroatoms. The highest BCUT2D eigenvalue weighted by molar-refractivity contribution is 7.10. The summed E-state index contributed by atoms with van der Waals surface area (Å²) in [6.07, 6.45) is 3.63. The lowest BCUT2D eigenvalue weighted by atomic mass is 9.83. The molecule has 1 aliphatic carbocycles. The molecule has 2 aromatic heterocycles. The molecule has 2 aromatic carbocycles. The lowest BCUT2D eigenvalue weighted by Gasteiger charge is -2.22. The highest BCUT2D eigenvalue weighted by Gasteiger charge is 2.21. The maximum absolute atomic E-state index is 14.5. The molecule has 0 bridgehead atoms. The number of nitrogens with one attached hydrogen (secondary N) is 3. The summed E-state index contributed by atoms with van der Waals surface area (Å²) < 4.78 is 14.5. The molecule has 1 aliphatic rings. The minimum Gasteiger partial charge on any atom is -0.387 e. The Kier molecular flexibility index (Phi) is 6.01. The molecular weight excluding hydrogens is 453 g/mol. The number of H-pyrrole nitrogens is 1. The van der Waals surface area contributed by atoms with E-state index in [1.807, 2.05) is 0 Å². The number of anilines is 2. The molecule has 0 saturated heterocycles. The Morgan fingerprint density at radius 3 is 2.79 bits per heavy atom. The quantitative estimate of drug-likeness (QED) is 0.370. The van der Waals surface area contributed by atoms with Gasteiger partial charge in [0.15, 0.2) is 5.01 Å². The van der Waals surface area contributed by atoms with E-state index in [0.29, 0.717) is 34.1 Å². The van der Waals surface area contributed by atoms with Crippen molar-refractivity contribution in [1.29, 1.82) is 0 Å². The minimum atomic E-state index is -0.546. The number of carbonyl (C=O) groups excluding carboxylic acids is 1. The van der Waals surface area contributed by atoms with Crippen molar-refractivity contribution < 1.29 is 9.18 Å². The number of hydrogen-bond acceptors (Lipinski definition) is 7. The second-order valence-electron chi connectivity index (χ2n) is 7.85. The first-order valence-corrected chi connectivity index (χ1v) is 11.6. The fourth-order valence-electron chi connectivity index (χ4n) is 3.62. The second-order valence-corrected chi connectivity index (χ2v) is 8.71. The Morgan fingerprint density at radius 2 is 2.06 bits per heavy atom. The van der Waals surface area contributed by atoms with Crippen molar-refractivity contribution in [3.8, 4) is 23.2 Å². The van der Waals surface area contributed by atoms with Crippen LogP contribution in [0.15, 0.2) is 41.8 Å². The zero-order chi connectivity index (χ0) is 23.5. The number of hydrogen-bond donors (Lipinski definition) is 3. The van der Waals surface area contributed by atoms with Gasteiger partial charge in [-0.05, 0) is 54.3 Å². The first kappa shape index (κ1) is 21.7. The molecule has 3 N–H and O–H groups in total. The summed E-state index contributed by atoms with van der Waals surface area (Å²) >= 11 is 1.52. The number of amides is 1. The number of aromatic amines is 1. The third-order valence-electron chi connectivity index (χ3n) is 5.71. The summed E-state index contributed by atoms with van der Waals surface area (Å²) in [6, 6.07) is 9.44. The third-order valence-corrected chi connectivity index (χ3v) is 6.49. The van der Waals surface area contributed by atoms with Gasteiger partial charge in [-0.1, -0.05) is 18.4 Å². The molecular formula is C24H20FN7OS. The van der Waals surface area contributed by atoms with Crippen molar-refractivity contribution in [1.82, 2.24) is 25.6 Å². The molecule has 1 fully saturated rings. The van der Waals surface area contributed by atoms with Gasteiger partial charge in [-0.25, -0.2) is 9.37 Å². The van der Waals surface area contributed by atoms with Crippen molar-refractivity contribution in [3.05, 3.63) is 69.4 Å². The SMILES string of the molecule is CNc1cc(-c2nn[nH]n2)ccc1C(=O)Nc1cc(C#Cc2nc(C3CCC3)cs2)ccc1F. The van der Waals surface area contributed by atoms with E-state index in [-0.39, 0.29) is 5.69 Å². The minimum absolute atomic E-state index is 0.0513. The van der Waals surface area contributed by atoms with Crippen LogP contribution in [0.25, 0.3) is 11.4 Å². The lowest BCUT2D eigenvalue weighted by molar-refractivity contribution is 0.102. The maximum atomic E-state index is 14.5. The standard InChI is InChI=1S/C24H20FN7OS/c1-26-19-12-16(23-29-31-32-30-23)7-8-17(19)24(33)28-20-11-14(5-9-18(20)25)6-10-22-27-21(13-34-22)15-3-2-4-15/h5,7-9,11-13,15,26H,2-4H2,1H3,(H,28,33)(H,29,30,31,32). The highest BCUT2D eigenvalue weighted by Crippen LogP contribution is 2.36. The Bertz CT molecular complexity index is 1400.